The Kier molecular flexibility index (Phi) is 3.45. The summed E-state index contributed by atoms with van der Waals surface area (Å²) in [6.45, 7) is 2.69. The van der Waals surface area contributed by atoms with Gasteiger partial charge in [0.15, 0.2) is 0 Å². The molecule has 2 aromatic rings. The number of halogens is 1. The zero-order valence-electron chi connectivity index (χ0n) is 10.1. The number of carbonyl (C=O) groups excluding carboxylic acids is 1. The van der Waals surface area contributed by atoms with Crippen molar-refractivity contribution in [2.45, 2.75) is 19.9 Å². The molecule has 1 heterocycles. The average molecular weight is 250 g/mol. The van der Waals surface area contributed by atoms with E-state index >= 15 is 0 Å². The molecule has 0 saturated heterocycles. The van der Waals surface area contributed by atoms with Gasteiger partial charge in [-0.15, -0.1) is 0 Å². The van der Waals surface area contributed by atoms with E-state index in [1.165, 1.54) is 12.1 Å². The van der Waals surface area contributed by atoms with E-state index in [9.17, 15) is 9.18 Å². The smallest absolute Gasteiger partial charge is 0.240 e. The number of imidazole rings is 1. The van der Waals surface area contributed by atoms with Crippen LogP contribution in [0.3, 0.4) is 0 Å². The van der Waals surface area contributed by atoms with Crippen molar-refractivity contribution in [2.24, 2.45) is 0 Å². The quantitative estimate of drug-likeness (QED) is 0.858. The second-order valence-electron chi connectivity index (χ2n) is 4.04. The Morgan fingerprint density at radius 2 is 2.33 bits per heavy atom. The Labute approximate surface area is 104 Å². The summed E-state index contributed by atoms with van der Waals surface area (Å²) >= 11 is 0. The summed E-state index contributed by atoms with van der Waals surface area (Å²) in [7, 11) is 0. The van der Waals surface area contributed by atoms with Crippen molar-refractivity contribution in [3.63, 3.8) is 0 Å². The van der Waals surface area contributed by atoms with E-state index in [0.29, 0.717) is 17.6 Å². The number of nitrogens with two attached hydrogens (primary N) is 1. The Morgan fingerprint density at radius 1 is 1.56 bits per heavy atom. The Balaban J connectivity index is 2.27. The van der Waals surface area contributed by atoms with Crippen LogP contribution in [0.15, 0.2) is 18.2 Å². The molecule has 0 unspecified atom stereocenters. The first-order valence-electron chi connectivity index (χ1n) is 5.79. The molecule has 0 radical (unpaired) electrons. The van der Waals surface area contributed by atoms with Gasteiger partial charge in [0.2, 0.25) is 11.9 Å². The number of anilines is 1. The number of carbonyl (C=O) groups is 1. The molecular weight excluding hydrogens is 235 g/mol. The third-order valence-corrected chi connectivity index (χ3v) is 2.61. The number of hydrogen-bond donors (Lipinski definition) is 2. The van der Waals surface area contributed by atoms with E-state index in [1.54, 1.807) is 10.6 Å². The standard InChI is InChI=1S/C12H15FN4O/c1-2-5-15-11(18)7-17-10-4-3-8(13)6-9(10)16-12(17)14/h3-4,6H,2,5,7H2,1H3,(H2,14,16)(H,15,18). The summed E-state index contributed by atoms with van der Waals surface area (Å²) in [6.07, 6.45) is 0.872. The van der Waals surface area contributed by atoms with Crippen LogP contribution in [-0.4, -0.2) is 22.0 Å². The van der Waals surface area contributed by atoms with Crippen molar-refractivity contribution in [1.29, 1.82) is 0 Å². The van der Waals surface area contributed by atoms with Gasteiger partial charge in [-0.2, -0.15) is 0 Å². The highest BCUT2D eigenvalue weighted by atomic mass is 19.1. The molecule has 3 N–H and O–H groups in total. The van der Waals surface area contributed by atoms with Crippen LogP contribution in [0.1, 0.15) is 13.3 Å². The molecule has 0 saturated carbocycles. The van der Waals surface area contributed by atoms with Crippen molar-refractivity contribution in [3.05, 3.63) is 24.0 Å². The van der Waals surface area contributed by atoms with Gasteiger partial charge < -0.3 is 15.6 Å². The molecule has 1 amide bonds. The number of hydrogen-bond acceptors (Lipinski definition) is 3. The van der Waals surface area contributed by atoms with Crippen molar-refractivity contribution >= 4 is 22.9 Å². The molecule has 1 aromatic heterocycles. The van der Waals surface area contributed by atoms with Crippen LogP contribution in [0.25, 0.3) is 11.0 Å². The van der Waals surface area contributed by atoms with Crippen LogP contribution in [-0.2, 0) is 11.3 Å². The van der Waals surface area contributed by atoms with Gasteiger partial charge in [-0.1, -0.05) is 6.92 Å². The predicted octanol–water partition coefficient (Wildman–Crippen LogP) is 1.28. The van der Waals surface area contributed by atoms with Crippen molar-refractivity contribution in [3.8, 4) is 0 Å². The maximum absolute atomic E-state index is 13.0. The van der Waals surface area contributed by atoms with Gasteiger partial charge in [0, 0.05) is 12.6 Å². The first-order chi connectivity index (χ1) is 8.61. The monoisotopic (exact) mass is 250 g/mol. The molecule has 5 nitrogen and oxygen atoms in total. The minimum atomic E-state index is -0.373. The van der Waals surface area contributed by atoms with Crippen LogP contribution >= 0.6 is 0 Å². The summed E-state index contributed by atoms with van der Waals surface area (Å²) in [5.41, 5.74) is 6.84. The van der Waals surface area contributed by atoms with E-state index in [2.05, 4.69) is 10.3 Å². The molecule has 0 aliphatic rings. The lowest BCUT2D eigenvalue weighted by atomic mass is 10.3. The highest BCUT2D eigenvalue weighted by Gasteiger charge is 2.11. The Hall–Kier alpha value is -2.11. The molecule has 0 atom stereocenters. The fraction of sp³-hybridized carbons (Fsp3) is 0.333. The fourth-order valence-electron chi connectivity index (χ4n) is 1.75. The molecule has 6 heteroatoms. The molecule has 96 valence electrons. The maximum atomic E-state index is 13.0. The minimum absolute atomic E-state index is 0.0912. The lowest BCUT2D eigenvalue weighted by Gasteiger charge is -2.06. The lowest BCUT2D eigenvalue weighted by Crippen LogP contribution is -2.28. The van der Waals surface area contributed by atoms with Crippen molar-refractivity contribution in [1.82, 2.24) is 14.9 Å². The van der Waals surface area contributed by atoms with Gasteiger partial charge in [-0.25, -0.2) is 9.37 Å². The Bertz CT molecular complexity index is 579. The van der Waals surface area contributed by atoms with Crippen LogP contribution in [0, 0.1) is 5.82 Å². The minimum Gasteiger partial charge on any atom is -0.369 e. The van der Waals surface area contributed by atoms with Crippen molar-refractivity contribution < 1.29 is 9.18 Å². The van der Waals surface area contributed by atoms with Crippen molar-refractivity contribution in [2.75, 3.05) is 12.3 Å². The number of rotatable bonds is 4. The van der Waals surface area contributed by atoms with Gasteiger partial charge in [0.05, 0.1) is 11.0 Å². The molecule has 0 spiro atoms. The summed E-state index contributed by atoms with van der Waals surface area (Å²) in [4.78, 5) is 15.7. The van der Waals surface area contributed by atoms with Gasteiger partial charge in [0.1, 0.15) is 12.4 Å². The number of aromatic nitrogens is 2. The second-order valence-corrected chi connectivity index (χ2v) is 4.04. The molecular formula is C12H15FN4O. The molecule has 1 aromatic carbocycles. The van der Waals surface area contributed by atoms with E-state index in [-0.39, 0.29) is 24.2 Å². The van der Waals surface area contributed by atoms with Gasteiger partial charge in [-0.05, 0) is 18.6 Å². The Morgan fingerprint density at radius 3 is 3.06 bits per heavy atom. The highest BCUT2D eigenvalue weighted by molar-refractivity contribution is 5.82. The SMILES string of the molecule is CCCNC(=O)Cn1c(N)nc2cc(F)ccc21. The maximum Gasteiger partial charge on any atom is 0.240 e. The molecule has 0 fully saturated rings. The van der Waals surface area contributed by atoms with Crippen LogP contribution in [0.2, 0.25) is 0 Å². The third kappa shape index (κ3) is 2.42. The van der Waals surface area contributed by atoms with Crippen LogP contribution < -0.4 is 11.1 Å². The summed E-state index contributed by atoms with van der Waals surface area (Å²) in [5, 5.41) is 2.76. The summed E-state index contributed by atoms with van der Waals surface area (Å²) in [6, 6.07) is 4.19. The number of amides is 1. The van der Waals surface area contributed by atoms with E-state index in [0.717, 1.165) is 6.42 Å². The predicted molar refractivity (Wildman–Crippen MR) is 67.4 cm³/mol. The number of nitrogens with one attached hydrogen (secondary N) is 1. The highest BCUT2D eigenvalue weighted by Crippen LogP contribution is 2.18. The number of benzene rings is 1. The number of nitrogen functional groups attached to an aromatic ring is 1. The molecule has 0 aliphatic carbocycles. The van der Waals surface area contributed by atoms with E-state index in [4.69, 9.17) is 5.73 Å². The molecule has 0 bridgehead atoms. The lowest BCUT2D eigenvalue weighted by molar-refractivity contribution is -0.121. The topological polar surface area (TPSA) is 72.9 Å². The summed E-state index contributed by atoms with van der Waals surface area (Å²) in [5.74, 6) is -0.294. The van der Waals surface area contributed by atoms with E-state index < -0.39 is 0 Å². The zero-order valence-corrected chi connectivity index (χ0v) is 10.1. The molecule has 0 aliphatic heterocycles. The number of nitrogens with zero attached hydrogens (tertiary/aromatic N) is 2. The normalized spacial score (nSPS) is 10.8. The van der Waals surface area contributed by atoms with Gasteiger partial charge >= 0.3 is 0 Å². The second kappa shape index (κ2) is 5.03. The average Bonchev–Trinajstić information content (AvgIpc) is 2.62. The van der Waals surface area contributed by atoms with Crippen LogP contribution in [0.4, 0.5) is 10.3 Å². The largest absolute Gasteiger partial charge is 0.369 e. The van der Waals surface area contributed by atoms with E-state index in [1.807, 2.05) is 6.92 Å². The number of fused-ring (bicyclic) bond motifs is 1. The van der Waals surface area contributed by atoms with Gasteiger partial charge in [-0.3, -0.25) is 4.79 Å². The van der Waals surface area contributed by atoms with Gasteiger partial charge in [0.25, 0.3) is 0 Å². The first-order valence-corrected chi connectivity index (χ1v) is 5.79. The zero-order chi connectivity index (χ0) is 13.1. The van der Waals surface area contributed by atoms with Crippen LogP contribution in [0.5, 0.6) is 0 Å². The molecule has 18 heavy (non-hydrogen) atoms. The summed E-state index contributed by atoms with van der Waals surface area (Å²) < 4.78 is 14.6. The fourth-order valence-corrected chi connectivity index (χ4v) is 1.75. The first kappa shape index (κ1) is 12.3. The third-order valence-electron chi connectivity index (χ3n) is 2.61. The molecule has 2 rings (SSSR count).